The monoisotopic (exact) mass is 352 g/mol. The van der Waals surface area contributed by atoms with E-state index in [2.05, 4.69) is 5.32 Å². The number of hydrogen-bond acceptors (Lipinski definition) is 4. The summed E-state index contributed by atoms with van der Waals surface area (Å²) >= 11 is 1.32. The van der Waals surface area contributed by atoms with Gasteiger partial charge in [0.15, 0.2) is 18.2 Å². The van der Waals surface area contributed by atoms with Crippen molar-refractivity contribution in [2.24, 2.45) is 5.73 Å². The Labute approximate surface area is 140 Å². The number of carbonyl (C=O) groups is 2. The predicted molar refractivity (Wildman–Crippen MR) is 85.3 cm³/mol. The smallest absolute Gasteiger partial charge is 0.262 e. The van der Waals surface area contributed by atoms with Crippen LogP contribution in [0.2, 0.25) is 0 Å². The van der Waals surface area contributed by atoms with Crippen LogP contribution in [0.5, 0.6) is 5.75 Å². The van der Waals surface area contributed by atoms with E-state index in [-0.39, 0.29) is 5.75 Å². The molecule has 0 fully saturated rings. The molecule has 2 amide bonds. The quantitative estimate of drug-likeness (QED) is 0.868. The lowest BCUT2D eigenvalue weighted by molar-refractivity contribution is -0.118. The molecule has 1 aromatic carbocycles. The number of nitrogens with one attached hydrogen (secondary N) is 1. The SMILES string of the molecule is NC(=O)c1c(NC(=O)COc2ccc(F)cc2F)sc2c1CCC2. The Kier molecular flexibility index (Phi) is 4.48. The number of nitrogens with two attached hydrogens (primary N) is 1. The van der Waals surface area contributed by atoms with Gasteiger partial charge in [0.05, 0.1) is 5.56 Å². The first-order valence-electron chi connectivity index (χ1n) is 7.27. The molecule has 1 aliphatic carbocycles. The number of thiophene rings is 1. The molecule has 3 rings (SSSR count). The maximum Gasteiger partial charge on any atom is 0.262 e. The van der Waals surface area contributed by atoms with Crippen molar-refractivity contribution in [2.45, 2.75) is 19.3 Å². The Bertz CT molecular complexity index is 820. The molecular weight excluding hydrogens is 338 g/mol. The van der Waals surface area contributed by atoms with Crippen LogP contribution in [0.4, 0.5) is 13.8 Å². The number of amides is 2. The molecule has 126 valence electrons. The van der Waals surface area contributed by atoms with Crippen molar-refractivity contribution in [1.82, 2.24) is 0 Å². The molecule has 1 heterocycles. The van der Waals surface area contributed by atoms with Crippen LogP contribution >= 0.6 is 11.3 Å². The molecule has 24 heavy (non-hydrogen) atoms. The molecule has 0 saturated heterocycles. The molecule has 8 heteroatoms. The van der Waals surface area contributed by atoms with Crippen LogP contribution in [0.3, 0.4) is 0 Å². The third-order valence-electron chi connectivity index (χ3n) is 3.67. The highest BCUT2D eigenvalue weighted by Crippen LogP contribution is 2.38. The molecule has 0 saturated carbocycles. The summed E-state index contributed by atoms with van der Waals surface area (Å²) in [5.74, 6) is -2.99. The summed E-state index contributed by atoms with van der Waals surface area (Å²) in [6, 6.07) is 2.81. The van der Waals surface area contributed by atoms with Gasteiger partial charge in [0, 0.05) is 10.9 Å². The highest BCUT2D eigenvalue weighted by molar-refractivity contribution is 7.17. The summed E-state index contributed by atoms with van der Waals surface area (Å²) in [6.45, 7) is -0.469. The van der Waals surface area contributed by atoms with Crippen LogP contribution in [0.1, 0.15) is 27.2 Å². The number of ether oxygens (including phenoxy) is 1. The van der Waals surface area contributed by atoms with E-state index >= 15 is 0 Å². The fourth-order valence-corrected chi connectivity index (χ4v) is 3.96. The number of primary amides is 1. The lowest BCUT2D eigenvalue weighted by Gasteiger charge is -2.08. The van der Waals surface area contributed by atoms with E-state index in [1.807, 2.05) is 0 Å². The normalized spacial score (nSPS) is 12.8. The highest BCUT2D eigenvalue weighted by Gasteiger charge is 2.26. The Hall–Kier alpha value is -2.48. The average Bonchev–Trinajstić information content (AvgIpc) is 3.06. The lowest BCUT2D eigenvalue weighted by Crippen LogP contribution is -2.22. The van der Waals surface area contributed by atoms with Crippen LogP contribution in [0.25, 0.3) is 0 Å². The zero-order valence-electron chi connectivity index (χ0n) is 12.5. The summed E-state index contributed by atoms with van der Waals surface area (Å²) in [5, 5.41) is 2.97. The van der Waals surface area contributed by atoms with E-state index in [0.29, 0.717) is 16.6 Å². The van der Waals surface area contributed by atoms with Gasteiger partial charge in [-0.25, -0.2) is 8.78 Å². The molecule has 2 aromatic rings. The molecular formula is C16H14F2N2O3S. The van der Waals surface area contributed by atoms with Crippen LogP contribution in [0.15, 0.2) is 18.2 Å². The van der Waals surface area contributed by atoms with Gasteiger partial charge >= 0.3 is 0 Å². The zero-order valence-corrected chi connectivity index (χ0v) is 13.3. The van der Waals surface area contributed by atoms with Crippen molar-refractivity contribution in [2.75, 3.05) is 11.9 Å². The van der Waals surface area contributed by atoms with Gasteiger partial charge in [0.25, 0.3) is 11.8 Å². The molecule has 5 nitrogen and oxygen atoms in total. The maximum atomic E-state index is 13.5. The van der Waals surface area contributed by atoms with E-state index in [9.17, 15) is 18.4 Å². The first-order valence-corrected chi connectivity index (χ1v) is 8.09. The number of carbonyl (C=O) groups excluding carboxylic acids is 2. The standard InChI is InChI=1S/C16H14F2N2O3S/c17-8-4-5-11(10(18)6-8)23-7-13(21)20-16-14(15(19)22)9-2-1-3-12(9)24-16/h4-6H,1-3,7H2,(H2,19,22)(H,20,21). The largest absolute Gasteiger partial charge is 0.481 e. The Balaban J connectivity index is 1.68. The molecule has 3 N–H and O–H groups in total. The summed E-state index contributed by atoms with van der Waals surface area (Å²) in [5.41, 5.74) is 6.64. The van der Waals surface area contributed by atoms with Crippen molar-refractivity contribution in [3.05, 3.63) is 45.8 Å². The summed E-state index contributed by atoms with van der Waals surface area (Å²) in [6.07, 6.45) is 2.58. The van der Waals surface area contributed by atoms with Crippen molar-refractivity contribution in [3.63, 3.8) is 0 Å². The van der Waals surface area contributed by atoms with E-state index in [4.69, 9.17) is 10.5 Å². The Morgan fingerprint density at radius 2 is 2.08 bits per heavy atom. The second-order valence-corrected chi connectivity index (χ2v) is 6.44. The van der Waals surface area contributed by atoms with Crippen LogP contribution in [-0.2, 0) is 17.6 Å². The topological polar surface area (TPSA) is 81.4 Å². The van der Waals surface area contributed by atoms with Crippen molar-refractivity contribution >= 4 is 28.2 Å². The number of halogens is 2. The molecule has 1 aliphatic rings. The first-order chi connectivity index (χ1) is 11.5. The first kappa shape index (κ1) is 16.4. The van der Waals surface area contributed by atoms with Gasteiger partial charge in [-0.15, -0.1) is 11.3 Å². The van der Waals surface area contributed by atoms with E-state index in [0.717, 1.165) is 41.8 Å². The van der Waals surface area contributed by atoms with E-state index < -0.39 is 30.1 Å². The fraction of sp³-hybridized carbons (Fsp3) is 0.250. The van der Waals surface area contributed by atoms with Gasteiger partial charge in [0.1, 0.15) is 10.8 Å². The minimum atomic E-state index is -0.893. The second-order valence-electron chi connectivity index (χ2n) is 5.34. The number of hydrogen-bond donors (Lipinski definition) is 2. The zero-order chi connectivity index (χ0) is 17.3. The number of fused-ring (bicyclic) bond motifs is 1. The number of benzene rings is 1. The summed E-state index contributed by atoms with van der Waals surface area (Å²) in [7, 11) is 0. The van der Waals surface area contributed by atoms with Gasteiger partial charge in [0.2, 0.25) is 0 Å². The second kappa shape index (κ2) is 6.56. The van der Waals surface area contributed by atoms with Crippen molar-refractivity contribution in [3.8, 4) is 5.75 Å². The van der Waals surface area contributed by atoms with Gasteiger partial charge in [-0.3, -0.25) is 9.59 Å². The lowest BCUT2D eigenvalue weighted by atomic mass is 10.1. The highest BCUT2D eigenvalue weighted by atomic mass is 32.1. The minimum absolute atomic E-state index is 0.227. The van der Waals surface area contributed by atoms with Crippen molar-refractivity contribution in [1.29, 1.82) is 0 Å². The minimum Gasteiger partial charge on any atom is -0.481 e. The van der Waals surface area contributed by atoms with Crippen LogP contribution in [-0.4, -0.2) is 18.4 Å². The number of rotatable bonds is 5. The Morgan fingerprint density at radius 3 is 2.79 bits per heavy atom. The third-order valence-corrected chi connectivity index (χ3v) is 4.88. The number of aryl methyl sites for hydroxylation is 1. The molecule has 0 spiro atoms. The van der Waals surface area contributed by atoms with Gasteiger partial charge in [-0.05, 0) is 37.0 Å². The van der Waals surface area contributed by atoms with E-state index in [1.54, 1.807) is 0 Å². The van der Waals surface area contributed by atoms with Crippen molar-refractivity contribution < 1.29 is 23.1 Å². The molecule has 0 unspecified atom stereocenters. The molecule has 0 atom stereocenters. The summed E-state index contributed by atoms with van der Waals surface area (Å²) < 4.78 is 31.3. The summed E-state index contributed by atoms with van der Waals surface area (Å²) in [4.78, 5) is 24.7. The molecule has 0 radical (unpaired) electrons. The molecule has 1 aromatic heterocycles. The van der Waals surface area contributed by atoms with Gasteiger partial charge in [-0.2, -0.15) is 0 Å². The molecule has 0 bridgehead atoms. The third kappa shape index (κ3) is 3.23. The number of anilines is 1. The van der Waals surface area contributed by atoms with Gasteiger partial charge in [-0.1, -0.05) is 0 Å². The van der Waals surface area contributed by atoms with Crippen LogP contribution < -0.4 is 15.8 Å². The average molecular weight is 352 g/mol. The van der Waals surface area contributed by atoms with Crippen LogP contribution in [0, 0.1) is 11.6 Å². The molecule has 0 aliphatic heterocycles. The fourth-order valence-electron chi connectivity index (χ4n) is 2.65. The van der Waals surface area contributed by atoms with Gasteiger partial charge < -0.3 is 15.8 Å². The predicted octanol–water partition coefficient (Wildman–Crippen LogP) is 2.63. The van der Waals surface area contributed by atoms with E-state index in [1.165, 1.54) is 11.3 Å². The maximum absolute atomic E-state index is 13.5. The Morgan fingerprint density at radius 1 is 1.29 bits per heavy atom.